The number of para-hydroxylation sites is 1. The zero-order valence-corrected chi connectivity index (χ0v) is 18.0. The van der Waals surface area contributed by atoms with Gasteiger partial charge in [0, 0.05) is 25.1 Å². The second kappa shape index (κ2) is 7.76. The van der Waals surface area contributed by atoms with Crippen LogP contribution in [0.1, 0.15) is 25.0 Å². The summed E-state index contributed by atoms with van der Waals surface area (Å²) < 4.78 is 34.9. The van der Waals surface area contributed by atoms with Crippen molar-refractivity contribution in [3.63, 3.8) is 0 Å². The van der Waals surface area contributed by atoms with E-state index in [-0.39, 0.29) is 29.8 Å². The second-order valence-corrected chi connectivity index (χ2v) is 10.4. The largest absolute Gasteiger partial charge is 0.483 e. The van der Waals surface area contributed by atoms with Crippen molar-refractivity contribution < 1.29 is 17.9 Å². The van der Waals surface area contributed by atoms with Gasteiger partial charge >= 0.3 is 0 Å². The first-order chi connectivity index (χ1) is 15.0. The quantitative estimate of drug-likeness (QED) is 0.687. The molecule has 2 aliphatic heterocycles. The fraction of sp³-hybridized carbons (Fsp3) is 0.391. The van der Waals surface area contributed by atoms with E-state index in [1.165, 1.54) is 4.31 Å². The van der Waals surface area contributed by atoms with Crippen LogP contribution in [-0.2, 0) is 21.4 Å². The summed E-state index contributed by atoms with van der Waals surface area (Å²) in [5.41, 5.74) is -0.112. The Morgan fingerprint density at radius 1 is 1.10 bits per heavy atom. The van der Waals surface area contributed by atoms with Gasteiger partial charge in [-0.2, -0.15) is 4.31 Å². The number of fused-ring (bicyclic) bond motifs is 1. The van der Waals surface area contributed by atoms with Crippen LogP contribution in [0.15, 0.2) is 65.7 Å². The summed E-state index contributed by atoms with van der Waals surface area (Å²) in [6, 6.07) is 12.2. The van der Waals surface area contributed by atoms with Crippen LogP contribution in [0, 0.1) is 5.92 Å². The lowest BCUT2D eigenvalue weighted by atomic mass is 10.0. The Bertz CT molecular complexity index is 1110. The Labute approximate surface area is 182 Å². The Morgan fingerprint density at radius 2 is 1.87 bits per heavy atom. The van der Waals surface area contributed by atoms with Gasteiger partial charge in [-0.3, -0.25) is 9.78 Å². The monoisotopic (exact) mass is 439 g/mol. The Morgan fingerprint density at radius 3 is 2.65 bits per heavy atom. The normalized spacial score (nSPS) is 25.4. The van der Waals surface area contributed by atoms with Gasteiger partial charge < -0.3 is 9.64 Å². The van der Waals surface area contributed by atoms with E-state index in [2.05, 4.69) is 4.98 Å². The lowest BCUT2D eigenvalue weighted by molar-refractivity contribution is -0.134. The summed E-state index contributed by atoms with van der Waals surface area (Å²) in [6.07, 6.45) is 7.88. The highest BCUT2D eigenvalue weighted by Crippen LogP contribution is 2.39. The molecule has 1 unspecified atom stereocenters. The highest BCUT2D eigenvalue weighted by molar-refractivity contribution is 7.89. The molecule has 1 aromatic heterocycles. The van der Waals surface area contributed by atoms with Crippen LogP contribution in [0.3, 0.4) is 0 Å². The minimum Gasteiger partial charge on any atom is -0.483 e. The SMILES string of the molecule is O=C(C1CC=CC1)N1CCC2(C1)CN(Cc1ccccn1)S(=O)(=O)c1ccccc1O2. The zero-order valence-electron chi connectivity index (χ0n) is 17.2. The maximum Gasteiger partial charge on any atom is 0.247 e. The van der Waals surface area contributed by atoms with Crippen molar-refractivity contribution in [3.05, 3.63) is 66.5 Å². The van der Waals surface area contributed by atoms with Crippen LogP contribution in [0.5, 0.6) is 5.75 Å². The molecule has 3 heterocycles. The van der Waals surface area contributed by atoms with Gasteiger partial charge in [-0.05, 0) is 37.1 Å². The summed E-state index contributed by atoms with van der Waals surface area (Å²) in [7, 11) is -3.78. The van der Waals surface area contributed by atoms with Crippen molar-refractivity contribution in [3.8, 4) is 5.75 Å². The summed E-state index contributed by atoms with van der Waals surface area (Å²) in [5.74, 6) is 0.464. The highest BCUT2D eigenvalue weighted by atomic mass is 32.2. The molecule has 1 spiro atoms. The number of hydrogen-bond acceptors (Lipinski definition) is 5. The summed E-state index contributed by atoms with van der Waals surface area (Å²) >= 11 is 0. The lowest BCUT2D eigenvalue weighted by Gasteiger charge is -2.32. The molecule has 5 rings (SSSR count). The van der Waals surface area contributed by atoms with Gasteiger partial charge in [0.25, 0.3) is 0 Å². The molecule has 0 radical (unpaired) electrons. The van der Waals surface area contributed by atoms with E-state index in [0.717, 1.165) is 12.8 Å². The van der Waals surface area contributed by atoms with E-state index in [9.17, 15) is 13.2 Å². The predicted octanol–water partition coefficient (Wildman–Crippen LogP) is 2.60. The number of sulfonamides is 1. The molecule has 31 heavy (non-hydrogen) atoms. The minimum atomic E-state index is -3.78. The molecule has 2 aromatic rings. The molecule has 0 bridgehead atoms. The maximum absolute atomic E-state index is 13.5. The first-order valence-electron chi connectivity index (χ1n) is 10.6. The number of hydrogen-bond donors (Lipinski definition) is 0. The van der Waals surface area contributed by atoms with Gasteiger partial charge in [-0.1, -0.05) is 30.4 Å². The number of carbonyl (C=O) groups excluding carboxylic acids is 1. The molecule has 1 atom stereocenters. The number of carbonyl (C=O) groups is 1. The van der Waals surface area contributed by atoms with Gasteiger partial charge in [0.1, 0.15) is 16.2 Å². The molecule has 1 amide bonds. The topological polar surface area (TPSA) is 79.8 Å². The van der Waals surface area contributed by atoms with E-state index >= 15 is 0 Å². The number of ether oxygens (including phenoxy) is 1. The predicted molar refractivity (Wildman–Crippen MR) is 115 cm³/mol. The van der Waals surface area contributed by atoms with E-state index in [1.807, 2.05) is 29.2 Å². The summed E-state index contributed by atoms with van der Waals surface area (Å²) in [4.78, 5) is 19.3. The Balaban J connectivity index is 1.48. The van der Waals surface area contributed by atoms with Crippen molar-refractivity contribution >= 4 is 15.9 Å². The van der Waals surface area contributed by atoms with Crippen molar-refractivity contribution in [2.45, 2.75) is 36.3 Å². The van der Waals surface area contributed by atoms with Crippen LogP contribution in [-0.4, -0.2) is 53.7 Å². The molecule has 162 valence electrons. The summed E-state index contributed by atoms with van der Waals surface area (Å²) in [6.45, 7) is 1.27. The minimum absolute atomic E-state index is 0.0124. The van der Waals surface area contributed by atoms with Gasteiger partial charge in [-0.25, -0.2) is 8.42 Å². The zero-order chi connectivity index (χ0) is 21.5. The Hall–Kier alpha value is -2.71. The number of aromatic nitrogens is 1. The van der Waals surface area contributed by atoms with Gasteiger partial charge in [-0.15, -0.1) is 0 Å². The van der Waals surface area contributed by atoms with Crippen molar-refractivity contribution in [1.29, 1.82) is 0 Å². The molecule has 3 aliphatic rings. The number of amides is 1. The van der Waals surface area contributed by atoms with Gasteiger partial charge in [0.2, 0.25) is 15.9 Å². The molecule has 8 heteroatoms. The molecule has 7 nitrogen and oxygen atoms in total. The summed E-state index contributed by atoms with van der Waals surface area (Å²) in [5, 5.41) is 0. The van der Waals surface area contributed by atoms with E-state index in [1.54, 1.807) is 36.5 Å². The van der Waals surface area contributed by atoms with Crippen molar-refractivity contribution in [2.75, 3.05) is 19.6 Å². The average molecular weight is 440 g/mol. The van der Waals surface area contributed by atoms with Crippen molar-refractivity contribution in [2.24, 2.45) is 5.92 Å². The number of nitrogens with zero attached hydrogens (tertiary/aromatic N) is 3. The third-order valence-electron chi connectivity index (χ3n) is 6.31. The third-order valence-corrected chi connectivity index (χ3v) is 8.14. The fourth-order valence-corrected chi connectivity index (χ4v) is 6.29. The number of benzene rings is 1. The molecule has 1 fully saturated rings. The molecule has 0 N–H and O–H groups in total. The smallest absolute Gasteiger partial charge is 0.247 e. The van der Waals surface area contributed by atoms with Gasteiger partial charge in [0.15, 0.2) is 0 Å². The molecular formula is C23H25N3O4S. The molecule has 1 aromatic carbocycles. The molecule has 1 aliphatic carbocycles. The standard InChI is InChI=1S/C23H25N3O4S/c27-22(18-7-1-2-8-18)25-14-12-23(16-25)17-26(15-19-9-5-6-13-24-19)31(28,29)21-11-4-3-10-20(21)30-23/h1-6,9-11,13,18H,7-8,12,14-17H2. The Kier molecular flexibility index (Phi) is 5.06. The number of allylic oxidation sites excluding steroid dienone is 2. The molecular weight excluding hydrogens is 414 g/mol. The van der Waals surface area contributed by atoms with Crippen molar-refractivity contribution in [1.82, 2.24) is 14.2 Å². The number of pyridine rings is 1. The average Bonchev–Trinajstić information content (AvgIpc) is 3.43. The fourth-order valence-electron chi connectivity index (χ4n) is 4.69. The van der Waals surface area contributed by atoms with E-state index < -0.39 is 15.6 Å². The maximum atomic E-state index is 13.5. The number of likely N-dealkylation sites (tertiary alicyclic amines) is 1. The van der Waals surface area contributed by atoms with E-state index in [4.69, 9.17) is 4.74 Å². The highest BCUT2D eigenvalue weighted by Gasteiger charge is 2.49. The van der Waals surface area contributed by atoms with Crippen LogP contribution in [0.4, 0.5) is 0 Å². The first-order valence-corrected chi connectivity index (χ1v) is 12.0. The number of rotatable bonds is 3. The second-order valence-electron chi connectivity index (χ2n) is 8.48. The lowest BCUT2D eigenvalue weighted by Crippen LogP contribution is -2.50. The molecule has 0 saturated carbocycles. The molecule has 1 saturated heterocycles. The van der Waals surface area contributed by atoms with Crippen LogP contribution >= 0.6 is 0 Å². The van der Waals surface area contributed by atoms with E-state index in [0.29, 0.717) is 31.0 Å². The van der Waals surface area contributed by atoms with Gasteiger partial charge in [0.05, 0.1) is 25.3 Å². The first kappa shape index (κ1) is 20.2. The van der Waals surface area contributed by atoms with Crippen LogP contribution in [0.25, 0.3) is 0 Å². The van der Waals surface area contributed by atoms with Crippen LogP contribution < -0.4 is 4.74 Å². The third kappa shape index (κ3) is 3.74. The van der Waals surface area contributed by atoms with Crippen LogP contribution in [0.2, 0.25) is 0 Å².